The number of carbonyl (C=O) groups excluding carboxylic acids is 1. The van der Waals surface area contributed by atoms with E-state index in [9.17, 15) is 9.90 Å². The molecule has 1 aliphatic carbocycles. The van der Waals surface area contributed by atoms with Gasteiger partial charge in [-0.05, 0) is 57.1 Å². The van der Waals surface area contributed by atoms with Gasteiger partial charge < -0.3 is 14.9 Å². The molecule has 1 N–H and O–H groups in total. The Morgan fingerprint density at radius 2 is 1.84 bits per heavy atom. The second-order valence-electron chi connectivity index (χ2n) is 7.97. The third kappa shape index (κ3) is 3.15. The Balaban J connectivity index is 1.50. The van der Waals surface area contributed by atoms with E-state index in [1.165, 1.54) is 0 Å². The van der Waals surface area contributed by atoms with E-state index in [1.54, 1.807) is 0 Å². The van der Waals surface area contributed by atoms with Crippen LogP contribution in [0, 0.1) is 5.41 Å². The van der Waals surface area contributed by atoms with Crippen molar-refractivity contribution in [2.24, 2.45) is 5.41 Å². The van der Waals surface area contributed by atoms with E-state index in [2.05, 4.69) is 15.9 Å². The molecule has 3 fully saturated rings. The highest BCUT2D eigenvalue weighted by Crippen LogP contribution is 2.44. The largest absolute Gasteiger partial charge is 0.393 e. The number of aliphatic hydroxyl groups excluding tert-OH is 1. The van der Waals surface area contributed by atoms with E-state index in [1.807, 2.05) is 18.2 Å². The Morgan fingerprint density at radius 1 is 1.08 bits per heavy atom. The summed E-state index contributed by atoms with van der Waals surface area (Å²) in [5.74, 6) is 0.339. The normalized spacial score (nSPS) is 33.3. The molecule has 3 aliphatic rings. The zero-order valence-corrected chi connectivity index (χ0v) is 15.4. The van der Waals surface area contributed by atoms with E-state index in [-0.39, 0.29) is 11.5 Å². The summed E-state index contributed by atoms with van der Waals surface area (Å²) in [6, 6.07) is 8.27. The van der Waals surface area contributed by atoms with Crippen LogP contribution >= 0.6 is 11.6 Å². The third-order valence-corrected chi connectivity index (χ3v) is 6.74. The van der Waals surface area contributed by atoms with Gasteiger partial charge in [0.2, 0.25) is 5.91 Å². The Hall–Kier alpha value is -1.26. The predicted molar refractivity (Wildman–Crippen MR) is 99.9 cm³/mol. The molecule has 1 saturated carbocycles. The molecule has 1 amide bonds. The van der Waals surface area contributed by atoms with Crippen LogP contribution in [0.15, 0.2) is 24.3 Å². The fraction of sp³-hybridized carbons (Fsp3) is 0.650. The topological polar surface area (TPSA) is 43.8 Å². The van der Waals surface area contributed by atoms with Crippen molar-refractivity contribution in [3.05, 3.63) is 29.3 Å². The zero-order chi connectivity index (χ0) is 17.4. The second kappa shape index (κ2) is 6.81. The van der Waals surface area contributed by atoms with Gasteiger partial charge in [0.1, 0.15) is 0 Å². The number of likely N-dealkylation sites (tertiary alicyclic amines) is 1. The molecule has 2 heterocycles. The number of aliphatic hydroxyl groups is 1. The quantitative estimate of drug-likeness (QED) is 0.876. The maximum Gasteiger partial charge on any atom is 0.230 e. The fourth-order valence-corrected chi connectivity index (χ4v) is 5.25. The number of hydrogen-bond donors (Lipinski definition) is 1. The summed E-state index contributed by atoms with van der Waals surface area (Å²) in [7, 11) is 0. The van der Waals surface area contributed by atoms with E-state index in [4.69, 9.17) is 11.6 Å². The second-order valence-corrected chi connectivity index (χ2v) is 8.37. The first-order valence-corrected chi connectivity index (χ1v) is 9.95. The number of anilines is 1. The number of rotatable bonds is 2. The van der Waals surface area contributed by atoms with Crippen molar-refractivity contribution in [1.29, 1.82) is 0 Å². The van der Waals surface area contributed by atoms with Crippen LogP contribution in [0.1, 0.15) is 44.9 Å². The molecule has 0 aromatic heterocycles. The zero-order valence-electron chi connectivity index (χ0n) is 14.7. The van der Waals surface area contributed by atoms with Gasteiger partial charge in [0.15, 0.2) is 0 Å². The van der Waals surface area contributed by atoms with Crippen LogP contribution in [0.4, 0.5) is 5.69 Å². The Labute approximate surface area is 154 Å². The van der Waals surface area contributed by atoms with E-state index < -0.39 is 0 Å². The van der Waals surface area contributed by atoms with Gasteiger partial charge in [-0.25, -0.2) is 0 Å². The van der Waals surface area contributed by atoms with Gasteiger partial charge >= 0.3 is 0 Å². The molecule has 0 radical (unpaired) electrons. The van der Waals surface area contributed by atoms with Crippen LogP contribution in [0.5, 0.6) is 0 Å². The van der Waals surface area contributed by atoms with Crippen molar-refractivity contribution >= 4 is 23.2 Å². The molecule has 2 saturated heterocycles. The van der Waals surface area contributed by atoms with E-state index >= 15 is 0 Å². The van der Waals surface area contributed by atoms with Crippen molar-refractivity contribution in [2.45, 2.75) is 57.1 Å². The SMILES string of the molecule is O=C1N(C2CCC(O)CC2)CCC12CCCN(c1ccccc1Cl)C2. The average Bonchev–Trinajstić information content (AvgIpc) is 2.92. The number of nitrogens with zero attached hydrogens (tertiary/aromatic N) is 2. The maximum absolute atomic E-state index is 13.3. The third-order valence-electron chi connectivity index (χ3n) is 6.42. The van der Waals surface area contributed by atoms with Crippen molar-refractivity contribution < 1.29 is 9.90 Å². The summed E-state index contributed by atoms with van der Waals surface area (Å²) in [5, 5.41) is 10.5. The van der Waals surface area contributed by atoms with Gasteiger partial charge in [0.25, 0.3) is 0 Å². The Morgan fingerprint density at radius 3 is 2.60 bits per heavy atom. The lowest BCUT2D eigenvalue weighted by Crippen LogP contribution is -2.50. The van der Waals surface area contributed by atoms with Crippen LogP contribution < -0.4 is 4.90 Å². The molecule has 1 unspecified atom stereocenters. The smallest absolute Gasteiger partial charge is 0.230 e. The first kappa shape index (κ1) is 17.2. The molecule has 4 nitrogen and oxygen atoms in total. The molecule has 1 aromatic rings. The highest BCUT2D eigenvalue weighted by Gasteiger charge is 2.50. The lowest BCUT2D eigenvalue weighted by molar-refractivity contribution is -0.139. The number of benzene rings is 1. The lowest BCUT2D eigenvalue weighted by atomic mass is 9.78. The fourth-order valence-electron chi connectivity index (χ4n) is 4.99. The van der Waals surface area contributed by atoms with Crippen LogP contribution in [0.25, 0.3) is 0 Å². The monoisotopic (exact) mass is 362 g/mol. The van der Waals surface area contributed by atoms with E-state index in [0.29, 0.717) is 11.9 Å². The van der Waals surface area contributed by atoms with Gasteiger partial charge in [0, 0.05) is 25.7 Å². The summed E-state index contributed by atoms with van der Waals surface area (Å²) in [6.45, 7) is 2.62. The molecule has 0 bridgehead atoms. The predicted octanol–water partition coefficient (Wildman–Crippen LogP) is 3.46. The highest BCUT2D eigenvalue weighted by atomic mass is 35.5. The van der Waals surface area contributed by atoms with Gasteiger partial charge in [0.05, 0.1) is 22.2 Å². The summed E-state index contributed by atoms with van der Waals surface area (Å²) in [6.07, 6.45) is 6.33. The molecule has 136 valence electrons. The number of para-hydroxylation sites is 1. The summed E-state index contributed by atoms with van der Waals surface area (Å²) in [4.78, 5) is 17.8. The molecule has 1 spiro atoms. The summed E-state index contributed by atoms with van der Waals surface area (Å²) in [5.41, 5.74) is 0.809. The summed E-state index contributed by atoms with van der Waals surface area (Å²) >= 11 is 6.39. The van der Waals surface area contributed by atoms with E-state index in [0.717, 1.165) is 75.3 Å². The lowest BCUT2D eigenvalue weighted by Gasteiger charge is -2.41. The number of piperidine rings is 1. The van der Waals surface area contributed by atoms with Crippen molar-refractivity contribution in [3.63, 3.8) is 0 Å². The van der Waals surface area contributed by atoms with Crippen LogP contribution in [0.2, 0.25) is 5.02 Å². The minimum atomic E-state index is -0.243. The molecule has 5 heteroatoms. The highest BCUT2D eigenvalue weighted by molar-refractivity contribution is 6.33. The van der Waals surface area contributed by atoms with Gasteiger partial charge in [-0.1, -0.05) is 23.7 Å². The maximum atomic E-state index is 13.3. The molecule has 1 atom stereocenters. The van der Waals surface area contributed by atoms with Crippen LogP contribution in [-0.2, 0) is 4.79 Å². The molecule has 25 heavy (non-hydrogen) atoms. The summed E-state index contributed by atoms with van der Waals surface area (Å²) < 4.78 is 0. The molecular weight excluding hydrogens is 336 g/mol. The first-order chi connectivity index (χ1) is 12.1. The van der Waals surface area contributed by atoms with Gasteiger partial charge in [-0.15, -0.1) is 0 Å². The van der Waals surface area contributed by atoms with Gasteiger partial charge in [-0.3, -0.25) is 4.79 Å². The minimum Gasteiger partial charge on any atom is -0.393 e. The standard InChI is InChI=1S/C20H27ClN2O2/c21-17-4-1-2-5-18(17)22-12-3-10-20(14-22)11-13-23(19(20)25)15-6-8-16(24)9-7-15/h1-2,4-5,15-16,24H,3,6-14H2. The number of hydrogen-bond acceptors (Lipinski definition) is 3. The number of amides is 1. The molecule has 2 aliphatic heterocycles. The Kier molecular flexibility index (Phi) is 4.67. The number of carbonyl (C=O) groups is 1. The van der Waals surface area contributed by atoms with Gasteiger partial charge in [-0.2, -0.15) is 0 Å². The minimum absolute atomic E-state index is 0.173. The average molecular weight is 363 g/mol. The molecule has 1 aromatic carbocycles. The van der Waals surface area contributed by atoms with Crippen molar-refractivity contribution in [1.82, 2.24) is 4.90 Å². The van der Waals surface area contributed by atoms with Crippen molar-refractivity contribution in [2.75, 3.05) is 24.5 Å². The molecule has 4 rings (SSSR count). The van der Waals surface area contributed by atoms with Crippen LogP contribution in [0.3, 0.4) is 0 Å². The number of halogens is 1. The van der Waals surface area contributed by atoms with Crippen molar-refractivity contribution in [3.8, 4) is 0 Å². The Bertz CT molecular complexity index is 644. The van der Waals surface area contributed by atoms with Crippen LogP contribution in [-0.4, -0.2) is 47.7 Å². The molecular formula is C20H27ClN2O2. The first-order valence-electron chi connectivity index (χ1n) is 9.58.